The molecule has 0 amide bonds. The first kappa shape index (κ1) is 15.1. The molecule has 0 saturated heterocycles. The van der Waals surface area contributed by atoms with Crippen LogP contribution in [0, 0.1) is 0 Å². The number of aliphatic hydroxyl groups excluding tert-OH is 1. The molecule has 0 saturated carbocycles. The zero-order valence-corrected chi connectivity index (χ0v) is 10.0. The number of carbonyl (C=O) groups is 1. The van der Waals surface area contributed by atoms with Crippen LogP contribution in [0.25, 0.3) is 0 Å². The van der Waals surface area contributed by atoms with Crippen molar-refractivity contribution < 1.29 is 19.4 Å². The Kier molecular flexibility index (Phi) is 8.80. The maximum atomic E-state index is 11.3. The van der Waals surface area contributed by atoms with Gasteiger partial charge in [-0.3, -0.25) is 9.69 Å². The van der Waals surface area contributed by atoms with E-state index in [2.05, 4.69) is 6.58 Å². The zero-order chi connectivity index (χ0) is 12.4. The molecule has 0 fully saturated rings. The number of nitrogens with zero attached hydrogens (tertiary/aromatic N) is 1. The molecule has 5 nitrogen and oxygen atoms in total. The molecule has 0 aromatic carbocycles. The molecule has 1 N–H and O–H groups in total. The van der Waals surface area contributed by atoms with Crippen molar-refractivity contribution >= 4 is 5.97 Å². The minimum Gasteiger partial charge on any atom is -0.465 e. The first-order valence-electron chi connectivity index (χ1n) is 5.29. The van der Waals surface area contributed by atoms with E-state index in [9.17, 15) is 9.90 Å². The maximum Gasteiger partial charge on any atom is 0.320 e. The van der Waals surface area contributed by atoms with Gasteiger partial charge < -0.3 is 14.6 Å². The van der Waals surface area contributed by atoms with E-state index in [0.29, 0.717) is 19.7 Å². The second kappa shape index (κ2) is 9.33. The van der Waals surface area contributed by atoms with Crippen LogP contribution in [0.15, 0.2) is 12.7 Å². The minimum atomic E-state index is -0.612. The van der Waals surface area contributed by atoms with Crippen molar-refractivity contribution in [2.45, 2.75) is 13.0 Å². The second-order valence-corrected chi connectivity index (χ2v) is 3.40. The van der Waals surface area contributed by atoms with E-state index < -0.39 is 6.10 Å². The van der Waals surface area contributed by atoms with Crippen LogP contribution in [0.5, 0.6) is 0 Å². The average Bonchev–Trinajstić information content (AvgIpc) is 2.18. The van der Waals surface area contributed by atoms with E-state index >= 15 is 0 Å². The Morgan fingerprint density at radius 2 is 2.31 bits per heavy atom. The predicted octanol–water partition coefficient (Wildman–Crippen LogP) is 0.0448. The number of aliphatic hydroxyl groups is 1. The van der Waals surface area contributed by atoms with Crippen molar-refractivity contribution in [1.29, 1.82) is 0 Å². The van der Waals surface area contributed by atoms with Crippen LogP contribution in [-0.4, -0.2) is 62.0 Å². The molecule has 1 atom stereocenters. The van der Waals surface area contributed by atoms with Gasteiger partial charge in [-0.1, -0.05) is 6.08 Å². The van der Waals surface area contributed by atoms with Crippen molar-refractivity contribution in [2.24, 2.45) is 0 Å². The lowest BCUT2D eigenvalue weighted by atomic mass is 10.3. The molecule has 94 valence electrons. The summed E-state index contributed by atoms with van der Waals surface area (Å²) in [4.78, 5) is 13.0. The summed E-state index contributed by atoms with van der Waals surface area (Å²) in [5.41, 5.74) is 0. The first-order valence-corrected chi connectivity index (χ1v) is 5.29. The summed E-state index contributed by atoms with van der Waals surface area (Å²) >= 11 is 0. The number of hydrogen-bond donors (Lipinski definition) is 1. The summed E-state index contributed by atoms with van der Waals surface area (Å²) in [6.45, 7) is 7.01. The molecule has 0 bridgehead atoms. The number of rotatable bonds is 9. The molecular weight excluding hydrogens is 210 g/mol. The van der Waals surface area contributed by atoms with E-state index in [1.807, 2.05) is 0 Å². The molecular formula is C11H21NO4. The topological polar surface area (TPSA) is 59.0 Å². The van der Waals surface area contributed by atoms with Gasteiger partial charge in [0.05, 0.1) is 25.9 Å². The fourth-order valence-electron chi connectivity index (χ4n) is 1.32. The van der Waals surface area contributed by atoms with Crippen molar-refractivity contribution in [3.8, 4) is 0 Å². The van der Waals surface area contributed by atoms with Crippen LogP contribution in [0.3, 0.4) is 0 Å². The summed E-state index contributed by atoms with van der Waals surface area (Å²) in [6.07, 6.45) is 1.07. The molecule has 0 radical (unpaired) electrons. The van der Waals surface area contributed by atoms with Crippen molar-refractivity contribution in [3.63, 3.8) is 0 Å². The quantitative estimate of drug-likeness (QED) is 0.448. The highest BCUT2D eigenvalue weighted by Crippen LogP contribution is 1.95. The van der Waals surface area contributed by atoms with Crippen molar-refractivity contribution in [1.82, 2.24) is 4.90 Å². The van der Waals surface area contributed by atoms with E-state index in [1.165, 1.54) is 7.11 Å². The summed E-state index contributed by atoms with van der Waals surface area (Å²) in [7, 11) is 1.52. The van der Waals surface area contributed by atoms with E-state index in [0.717, 1.165) is 0 Å². The van der Waals surface area contributed by atoms with Gasteiger partial charge in [0.25, 0.3) is 0 Å². The maximum absolute atomic E-state index is 11.3. The van der Waals surface area contributed by atoms with Gasteiger partial charge in [-0.2, -0.15) is 0 Å². The predicted molar refractivity (Wildman–Crippen MR) is 61.2 cm³/mol. The fraction of sp³-hybridized carbons (Fsp3) is 0.727. The molecule has 0 aliphatic heterocycles. The largest absolute Gasteiger partial charge is 0.465 e. The van der Waals surface area contributed by atoms with Gasteiger partial charge in [0, 0.05) is 20.2 Å². The molecule has 5 heteroatoms. The zero-order valence-electron chi connectivity index (χ0n) is 10.0. The lowest BCUT2D eigenvalue weighted by Crippen LogP contribution is -2.38. The Hall–Kier alpha value is -0.910. The standard InChI is InChI=1S/C11H21NO4/c1-4-6-12(7-10(13)9-15-3)8-11(14)16-5-2/h4,10,13H,1,5-9H2,2-3H3. The molecule has 1 unspecified atom stereocenters. The molecule has 0 rings (SSSR count). The van der Waals surface area contributed by atoms with Gasteiger partial charge in [-0.25, -0.2) is 0 Å². The Balaban J connectivity index is 4.04. The highest BCUT2D eigenvalue weighted by Gasteiger charge is 2.14. The lowest BCUT2D eigenvalue weighted by molar-refractivity contribution is -0.144. The van der Waals surface area contributed by atoms with Gasteiger partial charge >= 0.3 is 5.97 Å². The van der Waals surface area contributed by atoms with Crippen LogP contribution in [0.4, 0.5) is 0 Å². The van der Waals surface area contributed by atoms with Crippen molar-refractivity contribution in [2.75, 3.05) is 40.0 Å². The second-order valence-electron chi connectivity index (χ2n) is 3.40. The van der Waals surface area contributed by atoms with Gasteiger partial charge in [0.15, 0.2) is 0 Å². The van der Waals surface area contributed by atoms with Gasteiger partial charge in [0.1, 0.15) is 0 Å². The van der Waals surface area contributed by atoms with E-state index in [4.69, 9.17) is 9.47 Å². The van der Waals surface area contributed by atoms with Crippen LogP contribution < -0.4 is 0 Å². The molecule has 0 aliphatic rings. The Morgan fingerprint density at radius 1 is 1.62 bits per heavy atom. The lowest BCUT2D eigenvalue weighted by Gasteiger charge is -2.22. The molecule has 0 heterocycles. The third-order valence-electron chi connectivity index (χ3n) is 1.87. The van der Waals surface area contributed by atoms with Crippen LogP contribution in [0.1, 0.15) is 6.92 Å². The highest BCUT2D eigenvalue weighted by molar-refractivity contribution is 5.71. The monoisotopic (exact) mass is 231 g/mol. The van der Waals surface area contributed by atoms with Crippen LogP contribution in [0.2, 0.25) is 0 Å². The van der Waals surface area contributed by atoms with Crippen LogP contribution >= 0.6 is 0 Å². The molecule has 0 aliphatic carbocycles. The van der Waals surface area contributed by atoms with Gasteiger partial charge in [-0.05, 0) is 6.92 Å². The minimum absolute atomic E-state index is 0.153. The average molecular weight is 231 g/mol. The number of ether oxygens (including phenoxy) is 2. The van der Waals surface area contributed by atoms with Crippen molar-refractivity contribution in [3.05, 3.63) is 12.7 Å². The Morgan fingerprint density at radius 3 is 2.81 bits per heavy atom. The van der Waals surface area contributed by atoms with Gasteiger partial charge in [-0.15, -0.1) is 6.58 Å². The number of esters is 1. The summed E-state index contributed by atoms with van der Waals surface area (Å²) in [6, 6.07) is 0. The summed E-state index contributed by atoms with van der Waals surface area (Å²) < 4.78 is 9.65. The summed E-state index contributed by atoms with van der Waals surface area (Å²) in [5.74, 6) is -0.297. The number of hydrogen-bond acceptors (Lipinski definition) is 5. The molecule has 0 aromatic heterocycles. The van der Waals surface area contributed by atoms with Gasteiger partial charge in [0.2, 0.25) is 0 Å². The molecule has 0 aromatic rings. The Bertz CT molecular complexity index is 208. The molecule has 16 heavy (non-hydrogen) atoms. The van der Waals surface area contributed by atoms with E-state index in [-0.39, 0.29) is 19.1 Å². The van der Waals surface area contributed by atoms with E-state index in [1.54, 1.807) is 17.9 Å². The normalized spacial score (nSPS) is 12.5. The number of methoxy groups -OCH3 is 1. The third-order valence-corrected chi connectivity index (χ3v) is 1.87. The smallest absolute Gasteiger partial charge is 0.320 e. The number of carbonyl (C=O) groups excluding carboxylic acids is 1. The first-order chi connectivity index (χ1) is 7.63. The fourth-order valence-corrected chi connectivity index (χ4v) is 1.32. The highest BCUT2D eigenvalue weighted by atomic mass is 16.5. The van der Waals surface area contributed by atoms with Crippen LogP contribution in [-0.2, 0) is 14.3 Å². The SMILES string of the molecule is C=CCN(CC(=O)OCC)CC(O)COC. The molecule has 0 spiro atoms. The third kappa shape index (κ3) is 7.39. The summed E-state index contributed by atoms with van der Waals surface area (Å²) in [5, 5.41) is 9.54. The Labute approximate surface area is 96.6 Å².